The summed E-state index contributed by atoms with van der Waals surface area (Å²) >= 11 is 0. The SMILES string of the molecule is CCCCCNc1ccnc(C(=O)NCCCN(C)C)c1. The van der Waals surface area contributed by atoms with Crippen LogP contribution < -0.4 is 10.6 Å². The molecule has 1 heterocycles. The molecule has 0 aliphatic heterocycles. The van der Waals surface area contributed by atoms with E-state index < -0.39 is 0 Å². The lowest BCUT2D eigenvalue weighted by atomic mass is 10.2. The number of unbranched alkanes of at least 4 members (excludes halogenated alkanes) is 2. The van der Waals surface area contributed by atoms with Gasteiger partial charge in [-0.1, -0.05) is 19.8 Å². The molecule has 0 saturated carbocycles. The molecule has 0 aromatic carbocycles. The van der Waals surface area contributed by atoms with Gasteiger partial charge in [0, 0.05) is 25.0 Å². The molecule has 0 aliphatic rings. The maximum atomic E-state index is 12.0. The summed E-state index contributed by atoms with van der Waals surface area (Å²) in [6.45, 7) is 4.76. The smallest absolute Gasteiger partial charge is 0.269 e. The normalized spacial score (nSPS) is 10.7. The Hall–Kier alpha value is -1.62. The highest BCUT2D eigenvalue weighted by atomic mass is 16.1. The lowest BCUT2D eigenvalue weighted by Gasteiger charge is -2.10. The fraction of sp³-hybridized carbons (Fsp3) is 0.625. The van der Waals surface area contributed by atoms with Crippen molar-refractivity contribution in [2.75, 3.05) is 39.0 Å². The van der Waals surface area contributed by atoms with E-state index in [9.17, 15) is 4.79 Å². The molecule has 0 atom stereocenters. The Morgan fingerprint density at radius 2 is 2.05 bits per heavy atom. The van der Waals surface area contributed by atoms with Crippen LogP contribution in [0.25, 0.3) is 0 Å². The zero-order valence-electron chi connectivity index (χ0n) is 13.5. The van der Waals surface area contributed by atoms with Gasteiger partial charge < -0.3 is 15.5 Å². The maximum absolute atomic E-state index is 12.0. The van der Waals surface area contributed by atoms with Crippen molar-refractivity contribution in [2.24, 2.45) is 0 Å². The third-order valence-corrected chi connectivity index (χ3v) is 3.17. The van der Waals surface area contributed by atoms with E-state index in [1.807, 2.05) is 26.2 Å². The summed E-state index contributed by atoms with van der Waals surface area (Å²) in [5, 5.41) is 6.23. The fourth-order valence-corrected chi connectivity index (χ4v) is 1.96. The van der Waals surface area contributed by atoms with Crippen molar-refractivity contribution in [1.82, 2.24) is 15.2 Å². The monoisotopic (exact) mass is 292 g/mol. The van der Waals surface area contributed by atoms with Crippen LogP contribution >= 0.6 is 0 Å². The average molecular weight is 292 g/mol. The Balaban J connectivity index is 2.38. The quantitative estimate of drug-likeness (QED) is 0.650. The molecule has 5 heteroatoms. The van der Waals surface area contributed by atoms with Gasteiger partial charge in [0.05, 0.1) is 0 Å². The molecule has 1 amide bonds. The van der Waals surface area contributed by atoms with Crippen molar-refractivity contribution in [3.63, 3.8) is 0 Å². The highest BCUT2D eigenvalue weighted by Gasteiger charge is 2.07. The number of carbonyl (C=O) groups excluding carboxylic acids is 1. The van der Waals surface area contributed by atoms with Gasteiger partial charge in [0.15, 0.2) is 0 Å². The largest absolute Gasteiger partial charge is 0.385 e. The second-order valence-electron chi connectivity index (χ2n) is 5.48. The first-order valence-corrected chi connectivity index (χ1v) is 7.76. The zero-order valence-corrected chi connectivity index (χ0v) is 13.5. The minimum atomic E-state index is -0.106. The van der Waals surface area contributed by atoms with Crippen LogP contribution in [0.15, 0.2) is 18.3 Å². The van der Waals surface area contributed by atoms with Crippen molar-refractivity contribution in [2.45, 2.75) is 32.6 Å². The molecule has 1 aromatic heterocycles. The number of rotatable bonds is 10. The van der Waals surface area contributed by atoms with Crippen LogP contribution in [-0.2, 0) is 0 Å². The number of nitrogens with zero attached hydrogens (tertiary/aromatic N) is 2. The third-order valence-electron chi connectivity index (χ3n) is 3.17. The summed E-state index contributed by atoms with van der Waals surface area (Å²) in [4.78, 5) is 18.2. The van der Waals surface area contributed by atoms with Gasteiger partial charge in [-0.2, -0.15) is 0 Å². The van der Waals surface area contributed by atoms with Crippen LogP contribution in [0.2, 0.25) is 0 Å². The molecule has 118 valence electrons. The predicted molar refractivity (Wildman–Crippen MR) is 87.8 cm³/mol. The molecule has 0 spiro atoms. The van der Waals surface area contributed by atoms with Gasteiger partial charge in [-0.25, -0.2) is 0 Å². The Morgan fingerprint density at radius 1 is 1.24 bits per heavy atom. The van der Waals surface area contributed by atoms with Gasteiger partial charge in [-0.05, 0) is 45.6 Å². The van der Waals surface area contributed by atoms with E-state index in [2.05, 4.69) is 27.4 Å². The number of hydrogen-bond donors (Lipinski definition) is 2. The first-order valence-electron chi connectivity index (χ1n) is 7.76. The Kier molecular flexibility index (Phi) is 8.43. The van der Waals surface area contributed by atoms with E-state index in [0.29, 0.717) is 12.2 Å². The first-order chi connectivity index (χ1) is 10.1. The molecule has 0 unspecified atom stereocenters. The second-order valence-corrected chi connectivity index (χ2v) is 5.48. The first kappa shape index (κ1) is 17.4. The number of amides is 1. The molecular weight excluding hydrogens is 264 g/mol. The van der Waals surface area contributed by atoms with E-state index in [0.717, 1.165) is 31.6 Å². The molecule has 0 bridgehead atoms. The topological polar surface area (TPSA) is 57.3 Å². The number of nitrogens with one attached hydrogen (secondary N) is 2. The maximum Gasteiger partial charge on any atom is 0.269 e. The fourth-order valence-electron chi connectivity index (χ4n) is 1.96. The molecule has 21 heavy (non-hydrogen) atoms. The zero-order chi connectivity index (χ0) is 15.5. The number of anilines is 1. The van der Waals surface area contributed by atoms with Gasteiger partial charge in [-0.3, -0.25) is 9.78 Å². The van der Waals surface area contributed by atoms with Crippen LogP contribution in [0.1, 0.15) is 43.1 Å². The number of hydrogen-bond acceptors (Lipinski definition) is 4. The van der Waals surface area contributed by atoms with Gasteiger partial charge in [-0.15, -0.1) is 0 Å². The molecule has 0 radical (unpaired) electrons. The van der Waals surface area contributed by atoms with Crippen LogP contribution in [0.5, 0.6) is 0 Å². The van der Waals surface area contributed by atoms with Gasteiger partial charge in [0.1, 0.15) is 5.69 Å². The highest BCUT2D eigenvalue weighted by molar-refractivity contribution is 5.93. The Labute approximate surface area is 128 Å². The van der Waals surface area contributed by atoms with E-state index in [1.165, 1.54) is 12.8 Å². The van der Waals surface area contributed by atoms with Crippen molar-refractivity contribution >= 4 is 11.6 Å². The summed E-state index contributed by atoms with van der Waals surface area (Å²) in [7, 11) is 4.05. The lowest BCUT2D eigenvalue weighted by Crippen LogP contribution is -2.27. The standard InChI is InChI=1S/C16H28N4O/c1-4-5-6-9-17-14-8-11-18-15(13-14)16(21)19-10-7-12-20(2)3/h8,11,13H,4-7,9-10,12H2,1-3H3,(H,17,18)(H,19,21). The summed E-state index contributed by atoms with van der Waals surface area (Å²) < 4.78 is 0. The van der Waals surface area contributed by atoms with Crippen molar-refractivity contribution in [1.29, 1.82) is 0 Å². The lowest BCUT2D eigenvalue weighted by molar-refractivity contribution is 0.0947. The van der Waals surface area contributed by atoms with Gasteiger partial charge in [0.2, 0.25) is 0 Å². The van der Waals surface area contributed by atoms with E-state index in [1.54, 1.807) is 6.20 Å². The predicted octanol–water partition coefficient (Wildman–Crippen LogP) is 2.37. The van der Waals surface area contributed by atoms with Crippen molar-refractivity contribution in [3.05, 3.63) is 24.0 Å². The average Bonchev–Trinajstić information content (AvgIpc) is 2.48. The van der Waals surface area contributed by atoms with Gasteiger partial charge in [0.25, 0.3) is 5.91 Å². The summed E-state index contributed by atoms with van der Waals surface area (Å²) in [6, 6.07) is 3.71. The van der Waals surface area contributed by atoms with Crippen LogP contribution in [0.4, 0.5) is 5.69 Å². The van der Waals surface area contributed by atoms with E-state index >= 15 is 0 Å². The molecule has 2 N–H and O–H groups in total. The third kappa shape index (κ3) is 7.66. The van der Waals surface area contributed by atoms with Crippen molar-refractivity contribution in [3.8, 4) is 0 Å². The molecule has 5 nitrogen and oxygen atoms in total. The van der Waals surface area contributed by atoms with E-state index in [-0.39, 0.29) is 5.91 Å². The van der Waals surface area contributed by atoms with Gasteiger partial charge >= 0.3 is 0 Å². The number of carbonyl (C=O) groups is 1. The number of aromatic nitrogens is 1. The summed E-state index contributed by atoms with van der Waals surface area (Å²) in [5.74, 6) is -0.106. The molecule has 1 aromatic rings. The highest BCUT2D eigenvalue weighted by Crippen LogP contribution is 2.08. The molecular formula is C16H28N4O. The van der Waals surface area contributed by atoms with Crippen LogP contribution in [0.3, 0.4) is 0 Å². The minimum Gasteiger partial charge on any atom is -0.385 e. The van der Waals surface area contributed by atoms with E-state index in [4.69, 9.17) is 0 Å². The molecule has 1 rings (SSSR count). The molecule has 0 saturated heterocycles. The van der Waals surface area contributed by atoms with Crippen molar-refractivity contribution < 1.29 is 4.79 Å². The summed E-state index contributed by atoms with van der Waals surface area (Å²) in [6.07, 6.45) is 6.19. The Bertz CT molecular complexity index is 420. The molecule has 0 aliphatic carbocycles. The number of pyridine rings is 1. The summed E-state index contributed by atoms with van der Waals surface area (Å²) in [5.41, 5.74) is 1.43. The molecule has 0 fully saturated rings. The van der Waals surface area contributed by atoms with Crippen LogP contribution in [-0.4, -0.2) is 49.5 Å². The Morgan fingerprint density at radius 3 is 2.76 bits per heavy atom. The minimum absolute atomic E-state index is 0.106. The van der Waals surface area contributed by atoms with Crippen LogP contribution in [0, 0.1) is 0 Å². The second kappa shape index (κ2) is 10.2.